The van der Waals surface area contributed by atoms with Crippen molar-refractivity contribution < 1.29 is 18.7 Å². The minimum atomic E-state index is -0.224. The normalized spacial score (nSPS) is 19.0. The van der Waals surface area contributed by atoms with E-state index < -0.39 is 0 Å². The summed E-state index contributed by atoms with van der Waals surface area (Å²) in [6.07, 6.45) is 2.05. The maximum absolute atomic E-state index is 12.1. The molecule has 1 saturated heterocycles. The van der Waals surface area contributed by atoms with Crippen LogP contribution in [-0.4, -0.2) is 55.0 Å². The number of ether oxygens (including phenoxy) is 1. The Kier molecular flexibility index (Phi) is 5.54. The van der Waals surface area contributed by atoms with Crippen molar-refractivity contribution in [1.82, 2.24) is 15.2 Å². The second kappa shape index (κ2) is 7.40. The minimum absolute atomic E-state index is 0.209. The van der Waals surface area contributed by atoms with Gasteiger partial charge in [-0.05, 0) is 32.2 Å². The Morgan fingerprint density at radius 1 is 1.45 bits per heavy atom. The number of carbonyl (C=O) groups is 2. The molecule has 1 aromatic rings. The molecule has 1 aliphatic rings. The molecule has 1 aliphatic heterocycles. The summed E-state index contributed by atoms with van der Waals surface area (Å²) in [5.74, 6) is 0.920. The zero-order valence-corrected chi connectivity index (χ0v) is 13.3. The number of oxazole rings is 1. The number of aromatic nitrogens is 1. The summed E-state index contributed by atoms with van der Waals surface area (Å²) in [6, 6.07) is 0. The van der Waals surface area contributed by atoms with Crippen molar-refractivity contribution in [3.05, 3.63) is 17.3 Å². The molecule has 0 saturated carbocycles. The standard InChI is InChI=1S/C15H23N3O4/c1-10-14(17-11(2)22-10)15(20)16-7-12-5-4-6-18(8-12)9-13(19)21-3/h12H,4-9H2,1-3H3,(H,16,20)/t12-/m0/s1. The average molecular weight is 309 g/mol. The van der Waals surface area contributed by atoms with Gasteiger partial charge >= 0.3 is 5.97 Å². The maximum Gasteiger partial charge on any atom is 0.319 e. The Labute approximate surface area is 130 Å². The van der Waals surface area contributed by atoms with Crippen molar-refractivity contribution in [3.63, 3.8) is 0 Å². The van der Waals surface area contributed by atoms with Crippen LogP contribution >= 0.6 is 0 Å². The van der Waals surface area contributed by atoms with Gasteiger partial charge in [-0.3, -0.25) is 14.5 Å². The van der Waals surface area contributed by atoms with Crippen LogP contribution in [0.5, 0.6) is 0 Å². The summed E-state index contributed by atoms with van der Waals surface area (Å²) in [5, 5.41) is 2.91. The lowest BCUT2D eigenvalue weighted by Gasteiger charge is -2.31. The topological polar surface area (TPSA) is 84.7 Å². The quantitative estimate of drug-likeness (QED) is 0.814. The number of methoxy groups -OCH3 is 1. The van der Waals surface area contributed by atoms with Crippen molar-refractivity contribution in [2.75, 3.05) is 33.3 Å². The van der Waals surface area contributed by atoms with Crippen molar-refractivity contribution in [2.45, 2.75) is 26.7 Å². The molecule has 1 atom stereocenters. The number of rotatable bonds is 5. The molecule has 2 heterocycles. The van der Waals surface area contributed by atoms with Crippen LogP contribution in [0.2, 0.25) is 0 Å². The lowest BCUT2D eigenvalue weighted by atomic mass is 9.98. The molecule has 0 aromatic carbocycles. The molecule has 1 N–H and O–H groups in total. The molecule has 22 heavy (non-hydrogen) atoms. The summed E-state index contributed by atoms with van der Waals surface area (Å²) in [4.78, 5) is 29.6. The van der Waals surface area contributed by atoms with E-state index in [0.717, 1.165) is 25.9 Å². The van der Waals surface area contributed by atoms with Crippen LogP contribution in [0.25, 0.3) is 0 Å². The van der Waals surface area contributed by atoms with Crippen LogP contribution < -0.4 is 5.32 Å². The second-order valence-corrected chi connectivity index (χ2v) is 5.67. The van der Waals surface area contributed by atoms with Crippen LogP contribution in [0.15, 0.2) is 4.42 Å². The van der Waals surface area contributed by atoms with E-state index in [-0.39, 0.29) is 11.9 Å². The Bertz CT molecular complexity index is 541. The van der Waals surface area contributed by atoms with Crippen LogP contribution in [0.4, 0.5) is 0 Å². The number of amides is 1. The summed E-state index contributed by atoms with van der Waals surface area (Å²) in [5.41, 5.74) is 0.347. The molecule has 1 amide bonds. The highest BCUT2D eigenvalue weighted by Gasteiger charge is 2.23. The fourth-order valence-electron chi connectivity index (χ4n) is 2.77. The molecule has 0 radical (unpaired) electrons. The summed E-state index contributed by atoms with van der Waals surface area (Å²) in [7, 11) is 1.40. The molecular weight excluding hydrogens is 286 g/mol. The van der Waals surface area contributed by atoms with Gasteiger partial charge in [-0.25, -0.2) is 4.98 Å². The molecule has 0 aliphatic carbocycles. The van der Waals surface area contributed by atoms with E-state index in [4.69, 9.17) is 9.15 Å². The van der Waals surface area contributed by atoms with Gasteiger partial charge in [0.2, 0.25) is 0 Å². The highest BCUT2D eigenvalue weighted by molar-refractivity contribution is 5.93. The van der Waals surface area contributed by atoms with Gasteiger partial charge in [0, 0.05) is 20.0 Å². The maximum atomic E-state index is 12.1. The number of piperidine rings is 1. The van der Waals surface area contributed by atoms with Gasteiger partial charge in [-0.15, -0.1) is 0 Å². The molecule has 2 rings (SSSR count). The number of aryl methyl sites for hydroxylation is 2. The SMILES string of the molecule is COC(=O)CN1CCC[C@@H](CNC(=O)c2nc(C)oc2C)C1. The number of likely N-dealkylation sites (tertiary alicyclic amines) is 1. The van der Waals surface area contributed by atoms with E-state index in [1.807, 2.05) is 0 Å². The summed E-state index contributed by atoms with van der Waals surface area (Å²) < 4.78 is 9.96. The molecular formula is C15H23N3O4. The van der Waals surface area contributed by atoms with Crippen LogP contribution in [0.1, 0.15) is 35.0 Å². The Balaban J connectivity index is 1.82. The smallest absolute Gasteiger partial charge is 0.319 e. The number of hydrogen-bond donors (Lipinski definition) is 1. The van der Waals surface area contributed by atoms with Gasteiger partial charge in [-0.2, -0.15) is 0 Å². The lowest BCUT2D eigenvalue weighted by Crippen LogP contribution is -2.43. The van der Waals surface area contributed by atoms with E-state index in [1.165, 1.54) is 7.11 Å². The zero-order chi connectivity index (χ0) is 16.1. The van der Waals surface area contributed by atoms with E-state index in [1.54, 1.807) is 13.8 Å². The van der Waals surface area contributed by atoms with Crippen LogP contribution in [-0.2, 0) is 9.53 Å². The van der Waals surface area contributed by atoms with Gasteiger partial charge in [0.05, 0.1) is 13.7 Å². The predicted molar refractivity (Wildman–Crippen MR) is 79.5 cm³/mol. The van der Waals surface area contributed by atoms with Crippen molar-refractivity contribution in [2.24, 2.45) is 5.92 Å². The fourth-order valence-corrected chi connectivity index (χ4v) is 2.77. The fraction of sp³-hybridized carbons (Fsp3) is 0.667. The highest BCUT2D eigenvalue weighted by atomic mass is 16.5. The Morgan fingerprint density at radius 3 is 2.86 bits per heavy atom. The van der Waals surface area contributed by atoms with Crippen molar-refractivity contribution in [1.29, 1.82) is 0 Å². The first-order valence-corrected chi connectivity index (χ1v) is 7.51. The third-order valence-electron chi connectivity index (χ3n) is 3.85. The monoisotopic (exact) mass is 309 g/mol. The van der Waals surface area contributed by atoms with E-state index in [0.29, 0.717) is 36.4 Å². The molecule has 7 heteroatoms. The molecule has 0 bridgehead atoms. The molecule has 1 aromatic heterocycles. The van der Waals surface area contributed by atoms with Crippen LogP contribution in [0, 0.1) is 19.8 Å². The second-order valence-electron chi connectivity index (χ2n) is 5.67. The number of hydrogen-bond acceptors (Lipinski definition) is 6. The van der Waals surface area contributed by atoms with Gasteiger partial charge in [0.1, 0.15) is 5.76 Å². The highest BCUT2D eigenvalue weighted by Crippen LogP contribution is 2.16. The number of nitrogens with zero attached hydrogens (tertiary/aromatic N) is 2. The third kappa shape index (κ3) is 4.30. The van der Waals surface area contributed by atoms with Crippen LogP contribution in [0.3, 0.4) is 0 Å². The predicted octanol–water partition coefficient (Wildman–Crippen LogP) is 0.906. The number of carbonyl (C=O) groups excluding carboxylic acids is 2. The van der Waals surface area contributed by atoms with Crippen molar-refractivity contribution >= 4 is 11.9 Å². The van der Waals surface area contributed by atoms with Crippen molar-refractivity contribution in [3.8, 4) is 0 Å². The average Bonchev–Trinajstić information content (AvgIpc) is 2.84. The molecule has 122 valence electrons. The van der Waals surface area contributed by atoms with Gasteiger partial charge in [0.25, 0.3) is 5.91 Å². The number of nitrogens with one attached hydrogen (secondary N) is 1. The molecule has 0 spiro atoms. The zero-order valence-electron chi connectivity index (χ0n) is 13.3. The largest absolute Gasteiger partial charge is 0.468 e. The van der Waals surface area contributed by atoms with Gasteiger partial charge < -0.3 is 14.5 Å². The Morgan fingerprint density at radius 2 is 2.23 bits per heavy atom. The molecule has 1 fully saturated rings. The van der Waals surface area contributed by atoms with E-state index >= 15 is 0 Å². The first-order chi connectivity index (χ1) is 10.5. The molecule has 0 unspecified atom stereocenters. The first kappa shape index (κ1) is 16.5. The first-order valence-electron chi connectivity index (χ1n) is 7.51. The lowest BCUT2D eigenvalue weighted by molar-refractivity contribution is -0.142. The summed E-state index contributed by atoms with van der Waals surface area (Å²) >= 11 is 0. The van der Waals surface area contributed by atoms with E-state index in [2.05, 4.69) is 15.2 Å². The van der Waals surface area contributed by atoms with Gasteiger partial charge in [0.15, 0.2) is 11.6 Å². The summed E-state index contributed by atoms with van der Waals surface area (Å²) in [6.45, 7) is 6.00. The minimum Gasteiger partial charge on any atom is -0.468 e. The Hall–Kier alpha value is -1.89. The third-order valence-corrected chi connectivity index (χ3v) is 3.85. The van der Waals surface area contributed by atoms with E-state index in [9.17, 15) is 9.59 Å². The van der Waals surface area contributed by atoms with Gasteiger partial charge in [-0.1, -0.05) is 0 Å². The number of esters is 1. The molecule has 7 nitrogen and oxygen atoms in total.